The van der Waals surface area contributed by atoms with Crippen molar-refractivity contribution in [2.24, 2.45) is 0 Å². The van der Waals surface area contributed by atoms with Gasteiger partial charge in [0, 0.05) is 32.1 Å². The third-order valence-corrected chi connectivity index (χ3v) is 6.15. The summed E-state index contributed by atoms with van der Waals surface area (Å²) in [5.41, 5.74) is 3.20. The first-order valence-corrected chi connectivity index (χ1v) is 12.4. The van der Waals surface area contributed by atoms with E-state index in [1.165, 1.54) is 12.1 Å². The Labute approximate surface area is 233 Å². The molecule has 0 amide bonds. The van der Waals surface area contributed by atoms with E-state index in [4.69, 9.17) is 34.6 Å². The van der Waals surface area contributed by atoms with Gasteiger partial charge in [-0.2, -0.15) is 31.4 Å². The molecule has 0 aliphatic carbocycles. The number of halogens is 7. The molecule has 10 nitrogen and oxygen atoms in total. The summed E-state index contributed by atoms with van der Waals surface area (Å²) in [6.07, 6.45) is -7.04. The van der Waals surface area contributed by atoms with Gasteiger partial charge in [-0.15, -0.1) is 0 Å². The molecule has 230 valence electrons. The standard InChI is InChI=1S/C21H24FN5O.2C2HF3O2/c22-18-3-1-16(2-4-18)13-25-8-7-17(14-25)21-23-20-6-5-19(15-27(20)24-21)26-9-11-28-12-10-26;2*3-2(4,5)1(6)7/h1-6,15,17H,7-14H2;2*(H,6,7). The van der Waals surface area contributed by atoms with E-state index in [1.807, 2.05) is 22.7 Å². The van der Waals surface area contributed by atoms with Crippen LogP contribution in [0.4, 0.5) is 36.4 Å². The molecule has 0 spiro atoms. The number of aliphatic carboxylic acids is 2. The Morgan fingerprint density at radius 3 is 2.02 bits per heavy atom. The van der Waals surface area contributed by atoms with E-state index < -0.39 is 24.3 Å². The van der Waals surface area contributed by atoms with Gasteiger partial charge in [-0.3, -0.25) is 4.90 Å². The molecule has 0 bridgehead atoms. The van der Waals surface area contributed by atoms with E-state index in [9.17, 15) is 30.7 Å². The monoisotopic (exact) mass is 609 g/mol. The van der Waals surface area contributed by atoms with Gasteiger partial charge in [-0.1, -0.05) is 12.1 Å². The number of hydrogen-bond acceptors (Lipinski definition) is 7. The van der Waals surface area contributed by atoms with Crippen LogP contribution in [0.3, 0.4) is 0 Å². The van der Waals surface area contributed by atoms with Gasteiger partial charge in [-0.05, 0) is 42.8 Å². The second-order valence-corrected chi connectivity index (χ2v) is 9.21. The number of aromatic nitrogens is 3. The van der Waals surface area contributed by atoms with E-state index in [0.717, 1.165) is 75.1 Å². The van der Waals surface area contributed by atoms with E-state index in [1.54, 1.807) is 0 Å². The Kier molecular flexibility index (Phi) is 10.7. The minimum absolute atomic E-state index is 0.187. The third kappa shape index (κ3) is 9.54. The van der Waals surface area contributed by atoms with Gasteiger partial charge in [0.25, 0.3) is 0 Å². The molecule has 3 aromatic rings. The second kappa shape index (κ2) is 13.8. The van der Waals surface area contributed by atoms with Crippen molar-refractivity contribution >= 4 is 23.3 Å². The first-order valence-electron chi connectivity index (χ1n) is 12.4. The van der Waals surface area contributed by atoms with Crippen molar-refractivity contribution in [2.45, 2.75) is 31.2 Å². The molecule has 4 heterocycles. The number of ether oxygens (including phenoxy) is 1. The predicted octanol–water partition coefficient (Wildman–Crippen LogP) is 3.96. The summed E-state index contributed by atoms with van der Waals surface area (Å²) in [7, 11) is 0. The SMILES string of the molecule is Fc1ccc(CN2CCC(c3nc4ccc(N5CCOCC5)cn4n3)C2)cc1.O=C(O)C(F)(F)F.O=C(O)C(F)(F)F. The third-order valence-electron chi connectivity index (χ3n) is 6.15. The first kappa shape index (κ1) is 32.5. The summed E-state index contributed by atoms with van der Waals surface area (Å²) in [5, 5.41) is 19.0. The number of alkyl halides is 6. The number of hydrogen-bond donors (Lipinski definition) is 2. The molecule has 2 fully saturated rings. The second-order valence-electron chi connectivity index (χ2n) is 9.21. The van der Waals surface area contributed by atoms with Crippen LogP contribution in [0.15, 0.2) is 42.6 Å². The fraction of sp³-hybridized carbons (Fsp3) is 0.440. The van der Waals surface area contributed by atoms with Crippen molar-refractivity contribution in [2.75, 3.05) is 44.3 Å². The molecule has 2 N–H and O–H groups in total. The molecule has 2 aliphatic rings. The van der Waals surface area contributed by atoms with Gasteiger partial charge in [0.1, 0.15) is 5.82 Å². The smallest absolute Gasteiger partial charge is 0.475 e. The zero-order valence-corrected chi connectivity index (χ0v) is 21.8. The topological polar surface area (TPSA) is 121 Å². The van der Waals surface area contributed by atoms with Crippen LogP contribution in [0.5, 0.6) is 0 Å². The van der Waals surface area contributed by atoms with Gasteiger partial charge in [0.2, 0.25) is 0 Å². The number of likely N-dealkylation sites (tertiary alicyclic amines) is 1. The highest BCUT2D eigenvalue weighted by atomic mass is 19.4. The Morgan fingerprint density at radius 1 is 0.905 bits per heavy atom. The minimum atomic E-state index is -5.08. The van der Waals surface area contributed by atoms with E-state index in [2.05, 4.69) is 22.1 Å². The lowest BCUT2D eigenvalue weighted by atomic mass is 10.1. The fourth-order valence-electron chi connectivity index (χ4n) is 4.11. The Hall–Kier alpha value is -3.99. The molecule has 2 saturated heterocycles. The minimum Gasteiger partial charge on any atom is -0.475 e. The number of carboxylic acids is 2. The lowest BCUT2D eigenvalue weighted by Crippen LogP contribution is -2.36. The van der Waals surface area contributed by atoms with Gasteiger partial charge >= 0.3 is 24.3 Å². The highest BCUT2D eigenvalue weighted by Gasteiger charge is 2.39. The number of benzene rings is 1. The summed E-state index contributed by atoms with van der Waals surface area (Å²) in [6.45, 7) is 6.15. The van der Waals surface area contributed by atoms with E-state index in [-0.39, 0.29) is 5.82 Å². The van der Waals surface area contributed by atoms with Gasteiger partial charge in [0.05, 0.1) is 25.1 Å². The van der Waals surface area contributed by atoms with Crippen molar-refractivity contribution in [3.05, 3.63) is 59.8 Å². The average molecular weight is 609 g/mol. The largest absolute Gasteiger partial charge is 0.490 e. The van der Waals surface area contributed by atoms with Crippen LogP contribution < -0.4 is 4.90 Å². The summed E-state index contributed by atoms with van der Waals surface area (Å²) >= 11 is 0. The van der Waals surface area contributed by atoms with Crippen LogP contribution in [0.25, 0.3) is 5.65 Å². The molecule has 17 heteroatoms. The normalized spacial score (nSPS) is 17.7. The summed E-state index contributed by atoms with van der Waals surface area (Å²) in [6, 6.07) is 10.9. The quantitative estimate of drug-likeness (QED) is 0.424. The van der Waals surface area contributed by atoms with E-state index >= 15 is 0 Å². The van der Waals surface area contributed by atoms with Crippen molar-refractivity contribution in [1.82, 2.24) is 19.5 Å². The zero-order valence-electron chi connectivity index (χ0n) is 21.8. The maximum atomic E-state index is 13.1. The molecule has 0 radical (unpaired) electrons. The number of carbonyl (C=O) groups is 2. The predicted molar refractivity (Wildman–Crippen MR) is 132 cm³/mol. The molecule has 2 aliphatic heterocycles. The average Bonchev–Trinajstić information content (AvgIpc) is 3.57. The molecule has 1 unspecified atom stereocenters. The van der Waals surface area contributed by atoms with Crippen LogP contribution in [-0.4, -0.2) is 93.4 Å². The fourth-order valence-corrected chi connectivity index (χ4v) is 4.11. The number of rotatable bonds is 4. The van der Waals surface area contributed by atoms with Crippen LogP contribution >= 0.6 is 0 Å². The number of fused-ring (bicyclic) bond motifs is 1. The summed E-state index contributed by atoms with van der Waals surface area (Å²) < 4.78 is 83.9. The number of nitrogens with zero attached hydrogens (tertiary/aromatic N) is 5. The molecule has 0 saturated carbocycles. The molecule has 5 rings (SSSR count). The van der Waals surface area contributed by atoms with Crippen LogP contribution in [0.1, 0.15) is 23.7 Å². The molecular weight excluding hydrogens is 583 g/mol. The van der Waals surface area contributed by atoms with Crippen LogP contribution in [0.2, 0.25) is 0 Å². The Morgan fingerprint density at radius 2 is 1.48 bits per heavy atom. The maximum Gasteiger partial charge on any atom is 0.490 e. The number of pyridine rings is 1. The van der Waals surface area contributed by atoms with Crippen molar-refractivity contribution in [1.29, 1.82) is 0 Å². The van der Waals surface area contributed by atoms with Gasteiger partial charge < -0.3 is 19.8 Å². The molecule has 1 aromatic carbocycles. The van der Waals surface area contributed by atoms with Gasteiger partial charge in [0.15, 0.2) is 11.5 Å². The molecular formula is C25H26F7N5O5. The summed E-state index contributed by atoms with van der Waals surface area (Å²) in [5.74, 6) is -4.44. The van der Waals surface area contributed by atoms with Crippen LogP contribution in [0, 0.1) is 5.82 Å². The van der Waals surface area contributed by atoms with Crippen molar-refractivity contribution < 1.29 is 55.3 Å². The molecule has 42 heavy (non-hydrogen) atoms. The molecule has 2 aromatic heterocycles. The van der Waals surface area contributed by atoms with Crippen LogP contribution in [-0.2, 0) is 20.9 Å². The maximum absolute atomic E-state index is 13.1. The first-order chi connectivity index (χ1) is 19.6. The zero-order chi connectivity index (χ0) is 31.1. The highest BCUT2D eigenvalue weighted by Crippen LogP contribution is 2.27. The lowest BCUT2D eigenvalue weighted by Gasteiger charge is -2.28. The summed E-state index contributed by atoms with van der Waals surface area (Å²) in [4.78, 5) is 27.3. The number of anilines is 1. The van der Waals surface area contributed by atoms with Gasteiger partial charge in [-0.25, -0.2) is 23.5 Å². The Bertz CT molecular complexity index is 1320. The van der Waals surface area contributed by atoms with Crippen molar-refractivity contribution in [3.63, 3.8) is 0 Å². The van der Waals surface area contributed by atoms with Crippen molar-refractivity contribution in [3.8, 4) is 0 Å². The number of morpholine rings is 1. The number of carboxylic acid groups (broad SMARTS) is 2. The highest BCUT2D eigenvalue weighted by molar-refractivity contribution is 5.73. The Balaban J connectivity index is 0.000000289. The molecule has 1 atom stereocenters. The lowest BCUT2D eigenvalue weighted by molar-refractivity contribution is -0.193. The van der Waals surface area contributed by atoms with E-state index in [0.29, 0.717) is 5.92 Å².